The Labute approximate surface area is 186 Å². The Kier molecular flexibility index (Phi) is 5.92. The Bertz CT molecular complexity index is 993. The van der Waals surface area contributed by atoms with Crippen LogP contribution >= 0.6 is 0 Å². The zero-order valence-electron chi connectivity index (χ0n) is 19.4. The van der Waals surface area contributed by atoms with Crippen LogP contribution in [0, 0.1) is 6.92 Å². The van der Waals surface area contributed by atoms with Crippen molar-refractivity contribution in [3.63, 3.8) is 0 Å². The van der Waals surface area contributed by atoms with E-state index >= 15 is 0 Å². The number of carbonyl (C=O) groups is 1. The molecule has 4 heteroatoms. The lowest BCUT2D eigenvalue weighted by molar-refractivity contribution is -0.126. The van der Waals surface area contributed by atoms with Crippen molar-refractivity contribution in [1.29, 1.82) is 0 Å². The van der Waals surface area contributed by atoms with E-state index in [1.54, 1.807) is 0 Å². The zero-order chi connectivity index (χ0) is 22.2. The van der Waals surface area contributed by atoms with E-state index in [-0.39, 0.29) is 11.4 Å². The van der Waals surface area contributed by atoms with Crippen LogP contribution in [-0.2, 0) is 4.79 Å². The van der Waals surface area contributed by atoms with E-state index in [9.17, 15) is 4.79 Å². The number of hydrogen-bond acceptors (Lipinski definition) is 3. The standard InChI is InChI=1S/C27H35N3O/c1-6-28-25(29-27(5)13-14-27)23-19(3)10-11-20(4)24(23)26(31)30-15-12-22(17-30)21-9-7-8-18(2)16-21/h6-9,16,22,29H,3,10-15,17H2,1-2,4-5H3/b25-23-,28-6-. The summed E-state index contributed by atoms with van der Waals surface area (Å²) >= 11 is 0. The van der Waals surface area contributed by atoms with E-state index in [2.05, 4.69) is 61.9 Å². The van der Waals surface area contributed by atoms with Gasteiger partial charge in [0.2, 0.25) is 0 Å². The molecule has 3 aliphatic rings. The average molecular weight is 418 g/mol. The lowest BCUT2D eigenvalue weighted by Crippen LogP contribution is -2.34. The van der Waals surface area contributed by atoms with Crippen LogP contribution in [0.3, 0.4) is 0 Å². The van der Waals surface area contributed by atoms with Crippen LogP contribution in [0.25, 0.3) is 0 Å². The fourth-order valence-electron chi connectivity index (χ4n) is 4.74. The molecule has 1 unspecified atom stereocenters. The van der Waals surface area contributed by atoms with Crippen molar-refractivity contribution in [3.8, 4) is 0 Å². The van der Waals surface area contributed by atoms with Gasteiger partial charge in [-0.3, -0.25) is 4.79 Å². The van der Waals surface area contributed by atoms with Gasteiger partial charge in [-0.05, 0) is 70.9 Å². The molecule has 2 aliphatic carbocycles. The van der Waals surface area contributed by atoms with Gasteiger partial charge < -0.3 is 10.2 Å². The molecule has 1 aliphatic heterocycles. The number of aryl methyl sites for hydroxylation is 1. The molecule has 1 N–H and O–H groups in total. The van der Waals surface area contributed by atoms with Crippen molar-refractivity contribution in [2.45, 2.75) is 71.3 Å². The normalized spacial score (nSPS) is 24.7. The molecule has 1 amide bonds. The number of nitrogens with zero attached hydrogens (tertiary/aromatic N) is 2. The number of benzene rings is 1. The first-order chi connectivity index (χ1) is 14.8. The number of hydrogen-bond donors (Lipinski definition) is 1. The molecular formula is C27H35N3O. The van der Waals surface area contributed by atoms with Gasteiger partial charge in [0.1, 0.15) is 5.82 Å². The predicted molar refractivity (Wildman–Crippen MR) is 128 cm³/mol. The largest absolute Gasteiger partial charge is 0.364 e. The summed E-state index contributed by atoms with van der Waals surface area (Å²) in [6.45, 7) is 14.3. The molecule has 2 fully saturated rings. The summed E-state index contributed by atoms with van der Waals surface area (Å²) in [5, 5.41) is 3.62. The number of amides is 1. The number of carbonyl (C=O) groups excluding carboxylic acids is 1. The molecular weight excluding hydrogens is 382 g/mol. The molecule has 0 aromatic heterocycles. The van der Waals surface area contributed by atoms with Gasteiger partial charge in [0.15, 0.2) is 0 Å². The zero-order valence-corrected chi connectivity index (χ0v) is 19.4. The predicted octanol–water partition coefficient (Wildman–Crippen LogP) is 5.42. The van der Waals surface area contributed by atoms with Crippen LogP contribution in [-0.4, -0.2) is 35.7 Å². The topological polar surface area (TPSA) is 44.7 Å². The van der Waals surface area contributed by atoms with Crippen molar-refractivity contribution in [3.05, 3.63) is 70.1 Å². The third-order valence-electron chi connectivity index (χ3n) is 6.95. The lowest BCUT2D eigenvalue weighted by atomic mass is 9.83. The molecule has 4 nitrogen and oxygen atoms in total. The third-order valence-corrected chi connectivity index (χ3v) is 6.95. The maximum atomic E-state index is 13.8. The first kappa shape index (κ1) is 21.6. The van der Waals surface area contributed by atoms with Crippen LogP contribution in [0.5, 0.6) is 0 Å². The summed E-state index contributed by atoms with van der Waals surface area (Å²) in [5.41, 5.74) is 6.61. The highest BCUT2D eigenvalue weighted by atomic mass is 16.2. The monoisotopic (exact) mass is 417 g/mol. The first-order valence-corrected chi connectivity index (χ1v) is 11.6. The van der Waals surface area contributed by atoms with Gasteiger partial charge in [-0.25, -0.2) is 4.99 Å². The summed E-state index contributed by atoms with van der Waals surface area (Å²) < 4.78 is 0. The van der Waals surface area contributed by atoms with Crippen molar-refractivity contribution < 1.29 is 4.79 Å². The Morgan fingerprint density at radius 1 is 1.29 bits per heavy atom. The minimum Gasteiger partial charge on any atom is -0.364 e. The summed E-state index contributed by atoms with van der Waals surface area (Å²) in [5.74, 6) is 1.35. The molecule has 1 saturated heterocycles. The number of allylic oxidation sites excluding steroid dienone is 2. The van der Waals surface area contributed by atoms with Gasteiger partial charge >= 0.3 is 0 Å². The SMILES string of the molecule is C=C1CCC(C)=C(C(=O)N2CCC(c3cccc(C)c3)C2)/C1=C(/N=C\C)NC1(C)CC1. The Hall–Kier alpha value is -2.62. The van der Waals surface area contributed by atoms with Crippen molar-refractivity contribution in [2.75, 3.05) is 13.1 Å². The van der Waals surface area contributed by atoms with E-state index in [1.807, 2.05) is 18.0 Å². The summed E-state index contributed by atoms with van der Waals surface area (Å²) in [6, 6.07) is 8.69. The van der Waals surface area contributed by atoms with Crippen LogP contribution in [0.15, 0.2) is 64.0 Å². The fraction of sp³-hybridized carbons (Fsp3) is 0.481. The smallest absolute Gasteiger partial charge is 0.254 e. The van der Waals surface area contributed by atoms with Crippen LogP contribution < -0.4 is 5.32 Å². The second-order valence-electron chi connectivity index (χ2n) is 9.71. The number of rotatable bonds is 5. The van der Waals surface area contributed by atoms with Gasteiger partial charge in [0, 0.05) is 41.9 Å². The van der Waals surface area contributed by atoms with Crippen LogP contribution in [0.1, 0.15) is 69.9 Å². The van der Waals surface area contributed by atoms with Gasteiger partial charge in [0.25, 0.3) is 5.91 Å². The molecule has 0 bridgehead atoms. The van der Waals surface area contributed by atoms with Gasteiger partial charge in [0.05, 0.1) is 0 Å². The molecule has 1 aromatic rings. The number of aliphatic imine (C=N–C) groups is 1. The van der Waals surface area contributed by atoms with E-state index in [0.717, 1.165) is 73.3 Å². The third kappa shape index (κ3) is 4.53. The second kappa shape index (κ2) is 8.49. The van der Waals surface area contributed by atoms with E-state index < -0.39 is 0 Å². The van der Waals surface area contributed by atoms with Gasteiger partial charge in [-0.2, -0.15) is 0 Å². The van der Waals surface area contributed by atoms with Gasteiger partial charge in [-0.15, -0.1) is 0 Å². The van der Waals surface area contributed by atoms with E-state index in [0.29, 0.717) is 5.92 Å². The second-order valence-corrected chi connectivity index (χ2v) is 9.71. The summed E-state index contributed by atoms with van der Waals surface area (Å²) in [7, 11) is 0. The fourth-order valence-corrected chi connectivity index (χ4v) is 4.74. The van der Waals surface area contributed by atoms with Crippen LogP contribution in [0.2, 0.25) is 0 Å². The quantitative estimate of drug-likeness (QED) is 0.650. The Morgan fingerprint density at radius 2 is 2.06 bits per heavy atom. The molecule has 1 heterocycles. The summed E-state index contributed by atoms with van der Waals surface area (Å²) in [4.78, 5) is 20.5. The lowest BCUT2D eigenvalue weighted by Gasteiger charge is -2.29. The molecule has 0 spiro atoms. The van der Waals surface area contributed by atoms with E-state index in [4.69, 9.17) is 0 Å². The summed E-state index contributed by atoms with van der Waals surface area (Å²) in [6.07, 6.45) is 6.85. The average Bonchev–Trinajstić information content (AvgIpc) is 3.26. The molecule has 1 atom stereocenters. The highest BCUT2D eigenvalue weighted by molar-refractivity contribution is 6.01. The molecule has 4 rings (SSSR count). The van der Waals surface area contributed by atoms with Crippen LogP contribution in [0.4, 0.5) is 0 Å². The van der Waals surface area contributed by atoms with E-state index in [1.165, 1.54) is 11.1 Å². The highest BCUT2D eigenvalue weighted by Crippen LogP contribution is 2.41. The molecule has 31 heavy (non-hydrogen) atoms. The number of nitrogens with one attached hydrogen (secondary N) is 1. The maximum Gasteiger partial charge on any atom is 0.254 e. The molecule has 164 valence electrons. The van der Waals surface area contributed by atoms with Crippen molar-refractivity contribution in [1.82, 2.24) is 10.2 Å². The van der Waals surface area contributed by atoms with Crippen molar-refractivity contribution >= 4 is 12.1 Å². The first-order valence-electron chi connectivity index (χ1n) is 11.6. The maximum absolute atomic E-state index is 13.8. The van der Waals surface area contributed by atoms with Crippen molar-refractivity contribution in [2.24, 2.45) is 4.99 Å². The molecule has 0 radical (unpaired) electrons. The number of likely N-dealkylation sites (tertiary alicyclic amines) is 1. The van der Waals surface area contributed by atoms with Gasteiger partial charge in [-0.1, -0.05) is 42.0 Å². The molecule has 1 saturated carbocycles. The Morgan fingerprint density at radius 3 is 2.74 bits per heavy atom. The molecule has 1 aromatic carbocycles. The minimum absolute atomic E-state index is 0.0819. The highest BCUT2D eigenvalue weighted by Gasteiger charge is 2.40. The minimum atomic E-state index is 0.0819. The Balaban J connectivity index is 1.64.